The van der Waals surface area contributed by atoms with Crippen molar-refractivity contribution in [2.45, 2.75) is 103 Å². The number of halogens is 1. The Morgan fingerprint density at radius 1 is 0.923 bits per heavy atom. The Bertz CT molecular complexity index is 462. The molecule has 1 aromatic rings. The van der Waals surface area contributed by atoms with Crippen LogP contribution in [0.1, 0.15) is 90.4 Å². The molecular weight excluding hydrogens is 348 g/mol. The Hall–Kier alpha value is -1.23. The molecule has 6 heteroatoms. The van der Waals surface area contributed by atoms with E-state index in [1.165, 1.54) is 83.5 Å². The van der Waals surface area contributed by atoms with Crippen molar-refractivity contribution < 1.29 is 22.2 Å². The van der Waals surface area contributed by atoms with Crippen LogP contribution in [0.4, 0.5) is 0 Å². The predicted octanol–water partition coefficient (Wildman–Crippen LogP) is 1.62. The molecule has 0 spiro atoms. The largest absolute Gasteiger partial charge is 1.00 e. The minimum atomic E-state index is 0. The summed E-state index contributed by atoms with van der Waals surface area (Å²) < 4.78 is 4.10. The summed E-state index contributed by atoms with van der Waals surface area (Å²) >= 11 is 0. The molecule has 1 aromatic heterocycles. The first-order valence-corrected chi connectivity index (χ1v) is 10.3. The van der Waals surface area contributed by atoms with Gasteiger partial charge in [-0.15, -0.1) is 0 Å². The molecule has 3 N–H and O–H groups in total. The molecule has 1 heterocycles. The molecular formula is C20H39ClN4O. The molecule has 0 aromatic carbocycles. The summed E-state index contributed by atoms with van der Waals surface area (Å²) in [7, 11) is 0. The molecule has 0 aliphatic rings. The summed E-state index contributed by atoms with van der Waals surface area (Å²) in [5.74, 6) is 0.226. The van der Waals surface area contributed by atoms with Gasteiger partial charge < -0.3 is 23.3 Å². The lowest BCUT2D eigenvalue weighted by Gasteiger charge is -2.02. The van der Waals surface area contributed by atoms with Crippen molar-refractivity contribution in [3.63, 3.8) is 0 Å². The second-order valence-electron chi connectivity index (χ2n) is 7.16. The second-order valence-corrected chi connectivity index (χ2v) is 7.16. The molecule has 5 nitrogen and oxygen atoms in total. The number of rotatable bonds is 16. The van der Waals surface area contributed by atoms with E-state index in [0.717, 1.165) is 6.54 Å². The van der Waals surface area contributed by atoms with Crippen LogP contribution < -0.4 is 22.7 Å². The quantitative estimate of drug-likeness (QED) is 0.113. The number of unbranched alkanes of at least 4 members (excludes halogenated alkanes) is 12. The SMILES string of the molecule is CCCCCCCCCCCCCCCn1cc[n+](C/C(N)=N/O)c1.[Cl-]. The summed E-state index contributed by atoms with van der Waals surface area (Å²) in [5, 5.41) is 11.6. The smallest absolute Gasteiger partial charge is 0.244 e. The van der Waals surface area contributed by atoms with Crippen molar-refractivity contribution in [2.24, 2.45) is 10.9 Å². The summed E-state index contributed by atoms with van der Waals surface area (Å²) in [6.07, 6.45) is 24.0. The first-order valence-electron chi connectivity index (χ1n) is 10.3. The molecule has 0 amide bonds. The fourth-order valence-corrected chi connectivity index (χ4v) is 3.20. The van der Waals surface area contributed by atoms with Gasteiger partial charge in [0.1, 0.15) is 12.4 Å². The third-order valence-electron chi connectivity index (χ3n) is 4.74. The van der Waals surface area contributed by atoms with Gasteiger partial charge in [-0.2, -0.15) is 0 Å². The van der Waals surface area contributed by atoms with E-state index in [2.05, 4.69) is 16.6 Å². The van der Waals surface area contributed by atoms with Gasteiger partial charge in [0.15, 0.2) is 12.4 Å². The number of imidazole rings is 1. The standard InChI is InChI=1S/C20H38N4O.ClH/c1-2-3-4-5-6-7-8-9-10-11-12-13-14-15-23-16-17-24(19-23)18-20(21)22-25;/h16-17,19H,2-15,18H2,1H3,(H2-,21,22,25);1H. The summed E-state index contributed by atoms with van der Waals surface area (Å²) in [4.78, 5) is 0. The van der Waals surface area contributed by atoms with E-state index in [0.29, 0.717) is 6.54 Å². The van der Waals surface area contributed by atoms with Crippen LogP contribution in [-0.4, -0.2) is 15.6 Å². The average molecular weight is 387 g/mol. The predicted molar refractivity (Wildman–Crippen MR) is 104 cm³/mol. The first-order chi connectivity index (χ1) is 12.3. The molecule has 0 saturated heterocycles. The highest BCUT2D eigenvalue weighted by molar-refractivity contribution is 5.78. The zero-order chi connectivity index (χ0) is 18.2. The number of aromatic nitrogens is 2. The summed E-state index contributed by atoms with van der Waals surface area (Å²) in [5.41, 5.74) is 5.51. The van der Waals surface area contributed by atoms with Crippen molar-refractivity contribution in [1.82, 2.24) is 4.57 Å². The van der Waals surface area contributed by atoms with Gasteiger partial charge >= 0.3 is 0 Å². The first kappa shape index (κ1) is 24.8. The highest BCUT2D eigenvalue weighted by Crippen LogP contribution is 2.12. The Morgan fingerprint density at radius 2 is 1.42 bits per heavy atom. The molecule has 152 valence electrons. The number of hydrogen-bond donors (Lipinski definition) is 2. The van der Waals surface area contributed by atoms with Crippen molar-refractivity contribution in [2.75, 3.05) is 0 Å². The molecule has 1 rings (SSSR count). The van der Waals surface area contributed by atoms with E-state index in [-0.39, 0.29) is 18.2 Å². The van der Waals surface area contributed by atoms with Gasteiger partial charge in [-0.3, -0.25) is 0 Å². The van der Waals surface area contributed by atoms with E-state index in [4.69, 9.17) is 10.9 Å². The molecule has 0 atom stereocenters. The van der Waals surface area contributed by atoms with Crippen LogP contribution in [0.5, 0.6) is 0 Å². The fraction of sp³-hybridized carbons (Fsp3) is 0.800. The molecule has 0 fully saturated rings. The average Bonchev–Trinajstić information content (AvgIpc) is 3.06. The topological polar surface area (TPSA) is 67.4 Å². The summed E-state index contributed by atoms with van der Waals surface area (Å²) in [6, 6.07) is 0. The Kier molecular flexibility index (Phi) is 16.4. The van der Waals surface area contributed by atoms with Crippen LogP contribution in [0.2, 0.25) is 0 Å². The number of nitrogens with zero attached hydrogens (tertiary/aromatic N) is 3. The zero-order valence-electron chi connectivity index (χ0n) is 16.6. The lowest BCUT2D eigenvalue weighted by molar-refractivity contribution is -0.681. The number of aryl methyl sites for hydroxylation is 1. The number of amidine groups is 1. The molecule has 0 bridgehead atoms. The Morgan fingerprint density at radius 3 is 1.92 bits per heavy atom. The van der Waals surface area contributed by atoms with Gasteiger partial charge in [0.2, 0.25) is 6.33 Å². The van der Waals surface area contributed by atoms with Crippen molar-refractivity contribution in [3.05, 3.63) is 18.7 Å². The number of oxime groups is 1. The molecule has 0 aliphatic carbocycles. The molecule has 0 saturated carbocycles. The zero-order valence-corrected chi connectivity index (χ0v) is 17.3. The minimum absolute atomic E-state index is 0. The normalized spacial score (nSPS) is 11.5. The van der Waals surface area contributed by atoms with Crippen molar-refractivity contribution in [3.8, 4) is 0 Å². The Balaban J connectivity index is 0.00000625. The van der Waals surface area contributed by atoms with Crippen LogP contribution in [0.15, 0.2) is 23.9 Å². The minimum Gasteiger partial charge on any atom is -1.00 e. The summed E-state index contributed by atoms with van der Waals surface area (Å²) in [6.45, 7) is 3.75. The third-order valence-corrected chi connectivity index (χ3v) is 4.74. The number of hydrogen-bond acceptors (Lipinski definition) is 2. The van der Waals surface area contributed by atoms with Gasteiger partial charge in [-0.25, -0.2) is 9.13 Å². The number of nitrogens with two attached hydrogens (primary N) is 1. The van der Waals surface area contributed by atoms with Gasteiger partial charge in [0.05, 0.1) is 6.54 Å². The maximum absolute atomic E-state index is 8.58. The van der Waals surface area contributed by atoms with Gasteiger partial charge in [0, 0.05) is 0 Å². The van der Waals surface area contributed by atoms with Crippen LogP contribution in [-0.2, 0) is 13.1 Å². The van der Waals surface area contributed by atoms with Gasteiger partial charge in [-0.1, -0.05) is 82.7 Å². The lowest BCUT2D eigenvalue weighted by Crippen LogP contribution is -3.00. The van der Waals surface area contributed by atoms with Crippen molar-refractivity contribution >= 4 is 5.84 Å². The highest BCUT2D eigenvalue weighted by atomic mass is 35.5. The van der Waals surface area contributed by atoms with E-state index < -0.39 is 0 Å². The van der Waals surface area contributed by atoms with Crippen LogP contribution >= 0.6 is 0 Å². The van der Waals surface area contributed by atoms with Crippen LogP contribution in [0, 0.1) is 0 Å². The van der Waals surface area contributed by atoms with Gasteiger partial charge in [-0.05, 0) is 12.8 Å². The second kappa shape index (κ2) is 17.2. The molecule has 0 unspecified atom stereocenters. The van der Waals surface area contributed by atoms with Crippen LogP contribution in [0.25, 0.3) is 0 Å². The van der Waals surface area contributed by atoms with Crippen LogP contribution in [0.3, 0.4) is 0 Å². The molecule has 26 heavy (non-hydrogen) atoms. The maximum atomic E-state index is 8.58. The molecule has 0 radical (unpaired) electrons. The molecule has 0 aliphatic heterocycles. The van der Waals surface area contributed by atoms with Crippen molar-refractivity contribution in [1.29, 1.82) is 0 Å². The van der Waals surface area contributed by atoms with Gasteiger partial charge in [0.25, 0.3) is 0 Å². The van der Waals surface area contributed by atoms with E-state index in [9.17, 15) is 0 Å². The van der Waals surface area contributed by atoms with E-state index in [1.807, 2.05) is 23.3 Å². The van der Waals surface area contributed by atoms with E-state index >= 15 is 0 Å². The Labute approximate surface area is 166 Å². The van der Waals surface area contributed by atoms with E-state index in [1.54, 1.807) is 0 Å². The third kappa shape index (κ3) is 13.0. The monoisotopic (exact) mass is 386 g/mol. The lowest BCUT2D eigenvalue weighted by atomic mass is 10.0. The maximum Gasteiger partial charge on any atom is 0.244 e. The fourth-order valence-electron chi connectivity index (χ4n) is 3.20. The highest BCUT2D eigenvalue weighted by Gasteiger charge is 2.05.